The molecule has 0 fully saturated rings. The molecule has 0 saturated heterocycles. The number of aromatic nitrogens is 2. The first-order valence-corrected chi connectivity index (χ1v) is 8.39. The summed E-state index contributed by atoms with van der Waals surface area (Å²) in [6, 6.07) is 8.84. The summed E-state index contributed by atoms with van der Waals surface area (Å²) >= 11 is 1.70. The van der Waals surface area contributed by atoms with Crippen molar-refractivity contribution in [3.63, 3.8) is 0 Å². The van der Waals surface area contributed by atoms with E-state index in [0.29, 0.717) is 6.04 Å². The van der Waals surface area contributed by atoms with E-state index in [1.807, 2.05) is 6.07 Å². The second kappa shape index (κ2) is 8.15. The van der Waals surface area contributed by atoms with Gasteiger partial charge >= 0.3 is 0 Å². The predicted octanol–water partition coefficient (Wildman–Crippen LogP) is 3.93. The van der Waals surface area contributed by atoms with Gasteiger partial charge < -0.3 is 5.32 Å². The number of hydrogen-bond acceptors (Lipinski definition) is 4. The molecular weight excluding hydrogens is 278 g/mol. The van der Waals surface area contributed by atoms with Crippen molar-refractivity contribution in [2.75, 3.05) is 12.3 Å². The molecule has 2 rings (SSSR count). The molecule has 1 unspecified atom stereocenters. The van der Waals surface area contributed by atoms with Crippen LogP contribution in [0.15, 0.2) is 41.8 Å². The Bertz CT molecular complexity index is 557. The van der Waals surface area contributed by atoms with Crippen LogP contribution in [0.1, 0.15) is 36.1 Å². The Morgan fingerprint density at radius 3 is 2.67 bits per heavy atom. The molecule has 1 atom stereocenters. The van der Waals surface area contributed by atoms with Crippen LogP contribution >= 0.6 is 11.8 Å². The smallest absolute Gasteiger partial charge is 0.187 e. The molecule has 0 amide bonds. The van der Waals surface area contributed by atoms with Crippen LogP contribution in [0.5, 0.6) is 0 Å². The van der Waals surface area contributed by atoms with Crippen LogP contribution < -0.4 is 5.32 Å². The highest BCUT2D eigenvalue weighted by atomic mass is 32.2. The maximum Gasteiger partial charge on any atom is 0.187 e. The molecule has 1 aromatic carbocycles. The monoisotopic (exact) mass is 301 g/mol. The van der Waals surface area contributed by atoms with Crippen LogP contribution in [0.2, 0.25) is 0 Å². The lowest BCUT2D eigenvalue weighted by Crippen LogP contribution is -2.25. The molecule has 1 N–H and O–H groups in total. The summed E-state index contributed by atoms with van der Waals surface area (Å²) in [6.07, 6.45) is 4.72. The normalized spacial score (nSPS) is 12.3. The minimum atomic E-state index is 0.332. The van der Waals surface area contributed by atoms with Gasteiger partial charge in [0.2, 0.25) is 0 Å². The van der Waals surface area contributed by atoms with E-state index in [2.05, 4.69) is 54.3 Å². The number of benzene rings is 1. The number of nitrogens with zero attached hydrogens (tertiary/aromatic N) is 2. The van der Waals surface area contributed by atoms with Crippen LogP contribution in [0.4, 0.5) is 0 Å². The second-order valence-electron chi connectivity index (χ2n) is 5.21. The van der Waals surface area contributed by atoms with Gasteiger partial charge in [-0.2, -0.15) is 0 Å². The molecule has 0 aliphatic carbocycles. The Morgan fingerprint density at radius 1 is 1.19 bits per heavy atom. The molecule has 112 valence electrons. The summed E-state index contributed by atoms with van der Waals surface area (Å²) in [4.78, 5) is 8.58. The van der Waals surface area contributed by atoms with Gasteiger partial charge in [0, 0.05) is 24.2 Å². The first-order chi connectivity index (χ1) is 10.2. The molecule has 4 heteroatoms. The van der Waals surface area contributed by atoms with Crippen LogP contribution in [0.3, 0.4) is 0 Å². The largest absolute Gasteiger partial charge is 0.309 e. The molecule has 0 saturated carbocycles. The minimum absolute atomic E-state index is 0.332. The maximum absolute atomic E-state index is 4.29. The minimum Gasteiger partial charge on any atom is -0.309 e. The third-order valence-electron chi connectivity index (χ3n) is 3.37. The summed E-state index contributed by atoms with van der Waals surface area (Å²) < 4.78 is 0. The van der Waals surface area contributed by atoms with E-state index in [9.17, 15) is 0 Å². The molecular formula is C17H23N3S. The summed E-state index contributed by atoms with van der Waals surface area (Å²) in [7, 11) is 0. The fourth-order valence-corrected chi connectivity index (χ4v) is 3.11. The Balaban J connectivity index is 2.12. The lowest BCUT2D eigenvalue weighted by Gasteiger charge is -2.21. The van der Waals surface area contributed by atoms with Crippen molar-refractivity contribution in [3.8, 4) is 0 Å². The van der Waals surface area contributed by atoms with Crippen LogP contribution in [0, 0.1) is 13.8 Å². The average molecular weight is 301 g/mol. The highest BCUT2D eigenvalue weighted by molar-refractivity contribution is 7.99. The molecule has 0 radical (unpaired) electrons. The van der Waals surface area contributed by atoms with Crippen molar-refractivity contribution >= 4 is 11.8 Å². The van der Waals surface area contributed by atoms with Crippen molar-refractivity contribution in [3.05, 3.63) is 53.3 Å². The van der Waals surface area contributed by atoms with E-state index in [1.54, 1.807) is 24.2 Å². The third kappa shape index (κ3) is 4.83. The fraction of sp³-hybridized carbons (Fsp3) is 0.412. The highest BCUT2D eigenvalue weighted by Crippen LogP contribution is 2.25. The summed E-state index contributed by atoms with van der Waals surface area (Å²) in [5.74, 6) is 0.939. The van der Waals surface area contributed by atoms with Crippen molar-refractivity contribution in [1.29, 1.82) is 0 Å². The van der Waals surface area contributed by atoms with Gasteiger partial charge in [-0.1, -0.05) is 42.4 Å². The fourth-order valence-electron chi connectivity index (χ4n) is 2.23. The van der Waals surface area contributed by atoms with Crippen molar-refractivity contribution < 1.29 is 0 Å². The zero-order chi connectivity index (χ0) is 15.1. The van der Waals surface area contributed by atoms with Crippen LogP contribution in [-0.2, 0) is 0 Å². The van der Waals surface area contributed by atoms with Gasteiger partial charge in [0.05, 0.1) is 0 Å². The van der Waals surface area contributed by atoms with E-state index in [1.165, 1.54) is 16.7 Å². The van der Waals surface area contributed by atoms with Crippen LogP contribution in [-0.4, -0.2) is 22.3 Å². The Kier molecular flexibility index (Phi) is 6.21. The topological polar surface area (TPSA) is 37.8 Å². The number of aryl methyl sites for hydroxylation is 2. The molecule has 3 nitrogen and oxygen atoms in total. The van der Waals surface area contributed by atoms with Crippen LogP contribution in [0.25, 0.3) is 0 Å². The maximum atomic E-state index is 4.29. The van der Waals surface area contributed by atoms with E-state index >= 15 is 0 Å². The summed E-state index contributed by atoms with van der Waals surface area (Å²) in [5, 5.41) is 4.49. The molecule has 0 aliphatic heterocycles. The molecule has 1 heterocycles. The van der Waals surface area contributed by atoms with Gasteiger partial charge in [-0.3, -0.25) is 0 Å². The van der Waals surface area contributed by atoms with Gasteiger partial charge in [-0.05, 0) is 44.0 Å². The quantitative estimate of drug-likeness (QED) is 0.621. The summed E-state index contributed by atoms with van der Waals surface area (Å²) in [6.45, 7) is 7.54. The van der Waals surface area contributed by atoms with Gasteiger partial charge in [0.15, 0.2) is 5.16 Å². The Hall–Kier alpha value is -1.39. The van der Waals surface area contributed by atoms with E-state index in [-0.39, 0.29) is 0 Å². The third-order valence-corrected chi connectivity index (χ3v) is 4.34. The van der Waals surface area contributed by atoms with E-state index in [0.717, 1.165) is 23.9 Å². The molecule has 1 aromatic heterocycles. The molecule has 21 heavy (non-hydrogen) atoms. The van der Waals surface area contributed by atoms with Gasteiger partial charge in [0.1, 0.15) is 0 Å². The summed E-state index contributed by atoms with van der Waals surface area (Å²) in [5.41, 5.74) is 4.02. The zero-order valence-electron chi connectivity index (χ0n) is 13.0. The zero-order valence-corrected chi connectivity index (χ0v) is 13.8. The molecule has 0 bridgehead atoms. The molecule has 0 spiro atoms. The highest BCUT2D eigenvalue weighted by Gasteiger charge is 2.14. The van der Waals surface area contributed by atoms with Gasteiger partial charge in [-0.15, -0.1) is 0 Å². The average Bonchev–Trinajstić information content (AvgIpc) is 2.51. The first kappa shape index (κ1) is 16.0. The van der Waals surface area contributed by atoms with Crippen molar-refractivity contribution in [1.82, 2.24) is 15.3 Å². The number of nitrogens with one attached hydrogen (secondary N) is 1. The Morgan fingerprint density at radius 2 is 1.95 bits per heavy atom. The lowest BCUT2D eigenvalue weighted by molar-refractivity contribution is 0.574. The lowest BCUT2D eigenvalue weighted by atomic mass is 10.00. The van der Waals surface area contributed by atoms with Gasteiger partial charge in [-0.25, -0.2) is 9.97 Å². The first-order valence-electron chi connectivity index (χ1n) is 7.41. The number of thioether (sulfide) groups is 1. The van der Waals surface area contributed by atoms with Gasteiger partial charge in [0.25, 0.3) is 0 Å². The van der Waals surface area contributed by atoms with E-state index in [4.69, 9.17) is 0 Å². The molecule has 2 aromatic rings. The van der Waals surface area contributed by atoms with Crippen molar-refractivity contribution in [2.24, 2.45) is 0 Å². The van der Waals surface area contributed by atoms with Crippen molar-refractivity contribution in [2.45, 2.75) is 38.4 Å². The predicted molar refractivity (Wildman–Crippen MR) is 89.7 cm³/mol. The standard InChI is InChI=1S/C17H23N3S/c1-4-8-18-16(12-21-17-19-9-5-10-20-17)15-11-13(2)6-7-14(15)3/h5-7,9-11,16,18H,4,8,12H2,1-3H3. The number of rotatable bonds is 7. The second-order valence-corrected chi connectivity index (χ2v) is 6.20. The Labute approximate surface area is 131 Å². The SMILES string of the molecule is CCCNC(CSc1ncccn1)c1cc(C)ccc1C. The molecule has 0 aliphatic rings. The number of hydrogen-bond donors (Lipinski definition) is 1. The van der Waals surface area contributed by atoms with E-state index < -0.39 is 0 Å².